The molecule has 0 nitrogen and oxygen atoms in total. The summed E-state index contributed by atoms with van der Waals surface area (Å²) in [6, 6.07) is 192. The second kappa shape index (κ2) is 41.9. The minimum atomic E-state index is 1.02. The van der Waals surface area contributed by atoms with Crippen LogP contribution in [0.5, 0.6) is 0 Å². The molecule has 0 radical (unpaired) electrons. The fourth-order valence-electron chi connectivity index (χ4n) is 22.2. The van der Waals surface area contributed by atoms with Crippen molar-refractivity contribution >= 4 is 118 Å². The van der Waals surface area contributed by atoms with E-state index in [9.17, 15) is 0 Å². The van der Waals surface area contributed by atoms with Crippen molar-refractivity contribution in [2.75, 3.05) is 0 Å². The molecule has 0 aromatic heterocycles. The quantitative estimate of drug-likeness (QED) is 0.0960. The number of rotatable bonds is 15. The average Bonchev–Trinajstić information content (AvgIpc) is 0.747. The molecule has 0 atom stereocenters. The first-order chi connectivity index (χ1) is 71.3. The first-order valence-corrected chi connectivity index (χ1v) is 51.1. The number of fused-ring (bicyclic) bond motifs is 11. The van der Waals surface area contributed by atoms with Crippen LogP contribution in [0.4, 0.5) is 0 Å². The monoisotopic (exact) mass is 1840 g/mol. The van der Waals surface area contributed by atoms with Crippen LogP contribution in [0.2, 0.25) is 0 Å². The standard InChI is InChI=1S/2C32H24.2C28H22.C24H20/c1-2-22-20-21-31(29-18-8-13-24-11-4-6-15-26(24)29)32-27(22)16-9-19-30(32)28-17-7-12-23-10-3-5-14-25(23)28;1-2-22-18-19-31(28-17-15-24-9-4-6-11-26(24)21-28)32-29(22)12-7-13-30(32)27-16-14-23-8-3-5-10-25(23)20-27;1-2-20-18-19-27(26-17-8-13-21-12-6-7-14-23(21)26)28-24(20)15-9-16-25(28)22-10-4-3-5-11-22;1-2-20-18-19-25(22-10-4-3-5-11-22)28-24(20)15-9-17-27(28)26-16-8-13-21-12-6-7-14-23(21)26;1-2-18-16-17-23(20-12-7-4-8-13-20)24-21(18)14-9-15-22(24)19-10-5-3-6-11-19/h2*3-21H,2H2,1H3;2*3-19H,2H2,1H3;3-17H,2H2,1H3. The van der Waals surface area contributed by atoms with E-state index in [2.05, 4.69) is 562 Å². The summed E-state index contributed by atoms with van der Waals surface area (Å²) in [6.07, 6.45) is 5.15. The minimum Gasteiger partial charge on any atom is -0.0622 e. The van der Waals surface area contributed by atoms with Crippen molar-refractivity contribution in [3.8, 4) is 111 Å². The second-order valence-electron chi connectivity index (χ2n) is 37.5. The maximum Gasteiger partial charge on any atom is -0.00236 e. The van der Waals surface area contributed by atoms with Crippen LogP contribution in [0.1, 0.15) is 62.4 Å². The molecular formula is C144H112. The molecule has 0 unspecified atom stereocenters. The highest BCUT2D eigenvalue weighted by Crippen LogP contribution is 2.48. The van der Waals surface area contributed by atoms with E-state index < -0.39 is 0 Å². The average molecular weight is 1840 g/mol. The SMILES string of the molecule is CCc1ccc(-c2ccc3ccccc3c2)c2c(-c3ccc4ccccc4c3)cccc12.CCc1ccc(-c2cccc3ccccc23)c2c(-c3cccc4ccccc34)cccc12.CCc1ccc(-c2cccc3ccccc23)c2c(-c3ccccc3)cccc12.CCc1ccc(-c2ccccc2)c2c(-c3cccc4ccccc34)cccc12.CCc1ccc(-c2ccccc2)c2c(-c3ccccc3)cccc12. The van der Waals surface area contributed by atoms with Gasteiger partial charge in [-0.25, -0.2) is 0 Å². The summed E-state index contributed by atoms with van der Waals surface area (Å²) in [5, 5.41) is 29.0. The summed E-state index contributed by atoms with van der Waals surface area (Å²) in [5.74, 6) is 0. The Bertz CT molecular complexity index is 8810. The van der Waals surface area contributed by atoms with E-state index in [4.69, 9.17) is 0 Å². The van der Waals surface area contributed by atoms with Crippen molar-refractivity contribution in [3.05, 3.63) is 556 Å². The lowest BCUT2D eigenvalue weighted by Gasteiger charge is -2.17. The van der Waals surface area contributed by atoms with Crippen LogP contribution in [0.3, 0.4) is 0 Å². The lowest BCUT2D eigenvalue weighted by atomic mass is 9.86. The minimum absolute atomic E-state index is 1.02. The van der Waals surface area contributed by atoms with E-state index in [-0.39, 0.29) is 0 Å². The van der Waals surface area contributed by atoms with Crippen LogP contribution in [-0.2, 0) is 32.1 Å². The van der Waals surface area contributed by atoms with E-state index in [0.29, 0.717) is 0 Å². The molecule has 0 fully saturated rings. The van der Waals surface area contributed by atoms with Crippen molar-refractivity contribution in [1.29, 1.82) is 0 Å². The predicted molar refractivity (Wildman–Crippen MR) is 626 cm³/mol. The number of benzene rings is 26. The molecular weight excluding hydrogens is 1730 g/mol. The molecule has 0 spiro atoms. The van der Waals surface area contributed by atoms with Gasteiger partial charge in [0.05, 0.1) is 0 Å². The van der Waals surface area contributed by atoms with E-state index in [1.165, 1.54) is 258 Å². The van der Waals surface area contributed by atoms with Crippen molar-refractivity contribution in [2.24, 2.45) is 0 Å². The van der Waals surface area contributed by atoms with Gasteiger partial charge in [0.2, 0.25) is 0 Å². The Morgan fingerprint density at radius 1 is 0.104 bits per heavy atom. The van der Waals surface area contributed by atoms with Gasteiger partial charge in [-0.3, -0.25) is 0 Å². The van der Waals surface area contributed by atoms with Crippen molar-refractivity contribution < 1.29 is 0 Å². The molecule has 26 aromatic rings. The van der Waals surface area contributed by atoms with Crippen molar-refractivity contribution in [2.45, 2.75) is 66.7 Å². The predicted octanol–water partition coefficient (Wildman–Crippen LogP) is 40.6. The number of hydrogen-bond donors (Lipinski definition) is 0. The molecule has 0 heterocycles. The summed E-state index contributed by atoms with van der Waals surface area (Å²) in [5.41, 5.74) is 32.8. The number of hydrogen-bond acceptors (Lipinski definition) is 0. The number of aryl methyl sites for hydroxylation is 5. The van der Waals surface area contributed by atoms with Gasteiger partial charge in [0.1, 0.15) is 0 Å². The summed E-state index contributed by atoms with van der Waals surface area (Å²) in [6.45, 7) is 11.2. The van der Waals surface area contributed by atoms with E-state index in [1.54, 1.807) is 0 Å². The molecule has 0 N–H and O–H groups in total. The zero-order valence-corrected chi connectivity index (χ0v) is 82.3. The summed E-state index contributed by atoms with van der Waals surface area (Å²) in [7, 11) is 0. The molecule has 0 aliphatic rings. The first kappa shape index (κ1) is 91.7. The van der Waals surface area contributed by atoms with Gasteiger partial charge >= 0.3 is 0 Å². The van der Waals surface area contributed by atoms with Gasteiger partial charge in [0, 0.05) is 0 Å². The Hall–Kier alpha value is -17.4. The third kappa shape index (κ3) is 18.2. The maximum atomic E-state index is 2.33. The normalized spacial score (nSPS) is 11.2. The smallest absolute Gasteiger partial charge is 0.00236 e. The third-order valence-electron chi connectivity index (χ3n) is 29.3. The van der Waals surface area contributed by atoms with Gasteiger partial charge < -0.3 is 0 Å². The van der Waals surface area contributed by atoms with E-state index in [0.717, 1.165) is 32.1 Å². The van der Waals surface area contributed by atoms with Crippen LogP contribution in [0, 0.1) is 0 Å². The van der Waals surface area contributed by atoms with Crippen LogP contribution >= 0.6 is 0 Å². The Kier molecular flexibility index (Phi) is 26.7. The zero-order valence-electron chi connectivity index (χ0n) is 82.3. The Morgan fingerprint density at radius 2 is 0.278 bits per heavy atom. The highest BCUT2D eigenvalue weighted by atomic mass is 14.3. The van der Waals surface area contributed by atoms with Gasteiger partial charge in [0.15, 0.2) is 0 Å². The Morgan fingerprint density at radius 3 is 0.556 bits per heavy atom. The second-order valence-corrected chi connectivity index (χ2v) is 37.5. The Labute approximate surface area is 845 Å². The molecule has 0 aliphatic carbocycles. The molecule has 0 bridgehead atoms. The van der Waals surface area contributed by atoms with Crippen LogP contribution in [0.15, 0.2) is 528 Å². The third-order valence-corrected chi connectivity index (χ3v) is 29.3. The van der Waals surface area contributed by atoms with Crippen LogP contribution in [0.25, 0.3) is 230 Å². The van der Waals surface area contributed by atoms with Gasteiger partial charge in [0.25, 0.3) is 0 Å². The van der Waals surface area contributed by atoms with Crippen molar-refractivity contribution in [3.63, 3.8) is 0 Å². The maximum absolute atomic E-state index is 2.33. The van der Waals surface area contributed by atoms with Gasteiger partial charge in [-0.1, -0.05) is 550 Å². The molecule has 0 saturated carbocycles. The molecule has 0 amide bonds. The highest BCUT2D eigenvalue weighted by molar-refractivity contribution is 6.18. The largest absolute Gasteiger partial charge is 0.0622 e. The fraction of sp³-hybridized carbons (Fsp3) is 0.0694. The molecule has 688 valence electrons. The molecule has 26 aromatic carbocycles. The van der Waals surface area contributed by atoms with Gasteiger partial charge in [-0.05, 0) is 302 Å². The van der Waals surface area contributed by atoms with Crippen molar-refractivity contribution in [1.82, 2.24) is 0 Å². The topological polar surface area (TPSA) is 0 Å². The van der Waals surface area contributed by atoms with Crippen LogP contribution in [-0.4, -0.2) is 0 Å². The molecule has 0 saturated heterocycles. The summed E-state index contributed by atoms with van der Waals surface area (Å²) >= 11 is 0. The molecule has 26 rings (SSSR count). The van der Waals surface area contributed by atoms with E-state index >= 15 is 0 Å². The fourth-order valence-corrected chi connectivity index (χ4v) is 22.2. The summed E-state index contributed by atoms with van der Waals surface area (Å²) in [4.78, 5) is 0. The van der Waals surface area contributed by atoms with E-state index in [1.807, 2.05) is 0 Å². The zero-order chi connectivity index (χ0) is 97.2. The molecule has 0 aliphatic heterocycles. The van der Waals surface area contributed by atoms with Gasteiger partial charge in [-0.15, -0.1) is 0 Å². The summed E-state index contributed by atoms with van der Waals surface area (Å²) < 4.78 is 0. The highest BCUT2D eigenvalue weighted by Gasteiger charge is 2.22. The first-order valence-electron chi connectivity index (χ1n) is 51.1. The molecule has 0 heteroatoms. The Balaban J connectivity index is 0.000000103. The van der Waals surface area contributed by atoms with Gasteiger partial charge in [-0.2, -0.15) is 0 Å². The lowest BCUT2D eigenvalue weighted by molar-refractivity contribution is 1.16. The van der Waals surface area contributed by atoms with Crippen LogP contribution < -0.4 is 0 Å². The molecule has 144 heavy (non-hydrogen) atoms. The lowest BCUT2D eigenvalue weighted by Crippen LogP contribution is -1.92.